The number of likely N-dealkylation sites (tertiary alicyclic amines) is 1. The molecular formula is C20H28IN3O2S. The summed E-state index contributed by atoms with van der Waals surface area (Å²) in [5.41, 5.74) is 0.329. The normalized spacial score (nSPS) is 23.6. The predicted octanol–water partition coefficient (Wildman–Crippen LogP) is 4.32. The average Bonchev–Trinajstić information content (AvgIpc) is 3.44. The zero-order chi connectivity index (χ0) is 17.8. The third-order valence-electron chi connectivity index (χ3n) is 5.44. The van der Waals surface area contributed by atoms with Crippen LogP contribution in [0.1, 0.15) is 36.4 Å². The molecule has 2 aromatic rings. The molecule has 5 nitrogen and oxygen atoms in total. The third kappa shape index (κ3) is 5.06. The molecule has 0 aliphatic carbocycles. The number of furan rings is 1. The molecule has 0 amide bonds. The molecule has 2 fully saturated rings. The average molecular weight is 501 g/mol. The molecule has 0 saturated carbocycles. The summed E-state index contributed by atoms with van der Waals surface area (Å²) in [6.45, 7) is 6.82. The van der Waals surface area contributed by atoms with E-state index in [1.165, 1.54) is 17.7 Å². The fourth-order valence-electron chi connectivity index (χ4n) is 3.85. The molecule has 2 aromatic heterocycles. The van der Waals surface area contributed by atoms with Crippen molar-refractivity contribution in [2.24, 2.45) is 10.4 Å². The molecule has 1 N–H and O–H groups in total. The molecule has 4 heterocycles. The fraction of sp³-hybridized carbons (Fsp3) is 0.550. The number of guanidine groups is 1. The van der Waals surface area contributed by atoms with Gasteiger partial charge in [0.25, 0.3) is 0 Å². The highest BCUT2D eigenvalue weighted by Gasteiger charge is 2.42. The van der Waals surface area contributed by atoms with Crippen molar-refractivity contribution in [3.8, 4) is 0 Å². The van der Waals surface area contributed by atoms with Gasteiger partial charge in [0.2, 0.25) is 0 Å². The smallest absolute Gasteiger partial charge is 0.194 e. The maximum Gasteiger partial charge on any atom is 0.194 e. The van der Waals surface area contributed by atoms with E-state index in [0.29, 0.717) is 5.41 Å². The summed E-state index contributed by atoms with van der Waals surface area (Å²) in [5.74, 6) is 2.00. The first-order valence-corrected chi connectivity index (χ1v) is 10.3. The number of nitrogens with zero attached hydrogens (tertiary/aromatic N) is 2. The number of hydrogen-bond acceptors (Lipinski definition) is 4. The van der Waals surface area contributed by atoms with Crippen LogP contribution in [0.25, 0.3) is 0 Å². The molecule has 0 bridgehead atoms. The van der Waals surface area contributed by atoms with Crippen molar-refractivity contribution in [2.45, 2.75) is 32.2 Å². The molecule has 4 rings (SSSR count). The largest absolute Gasteiger partial charge is 0.469 e. The molecule has 0 radical (unpaired) electrons. The Kier molecular flexibility index (Phi) is 7.22. The molecule has 0 aromatic carbocycles. The first-order chi connectivity index (χ1) is 12.7. The van der Waals surface area contributed by atoms with E-state index >= 15 is 0 Å². The molecule has 1 spiro atoms. The minimum Gasteiger partial charge on any atom is -0.469 e. The van der Waals surface area contributed by atoms with E-state index < -0.39 is 0 Å². The Morgan fingerprint density at radius 3 is 3.00 bits per heavy atom. The van der Waals surface area contributed by atoms with Gasteiger partial charge in [-0.2, -0.15) is 0 Å². The van der Waals surface area contributed by atoms with Crippen molar-refractivity contribution in [1.29, 1.82) is 0 Å². The van der Waals surface area contributed by atoms with E-state index in [2.05, 4.69) is 34.7 Å². The van der Waals surface area contributed by atoms with Gasteiger partial charge in [0, 0.05) is 43.0 Å². The maximum absolute atomic E-state index is 5.68. The van der Waals surface area contributed by atoms with E-state index in [1.807, 2.05) is 12.1 Å². The summed E-state index contributed by atoms with van der Waals surface area (Å²) >= 11 is 1.79. The first-order valence-electron chi connectivity index (χ1n) is 9.44. The Labute approximate surface area is 182 Å². The van der Waals surface area contributed by atoms with Crippen LogP contribution in [0.2, 0.25) is 0 Å². The van der Waals surface area contributed by atoms with Crippen LogP contribution in [0.5, 0.6) is 0 Å². The van der Waals surface area contributed by atoms with Gasteiger partial charge >= 0.3 is 0 Å². The van der Waals surface area contributed by atoms with Gasteiger partial charge in [-0.25, -0.2) is 0 Å². The number of rotatable bonds is 5. The highest BCUT2D eigenvalue weighted by Crippen LogP contribution is 2.38. The SMILES string of the molecule is CC(NC(=NCCc1ccco1)N1CCC2(CCOC2)C1)c1cccs1.I. The van der Waals surface area contributed by atoms with Crippen LogP contribution >= 0.6 is 35.3 Å². The quantitative estimate of drug-likeness (QED) is 0.377. The van der Waals surface area contributed by atoms with Gasteiger partial charge in [-0.05, 0) is 43.3 Å². The van der Waals surface area contributed by atoms with Gasteiger partial charge in [0.1, 0.15) is 5.76 Å². The monoisotopic (exact) mass is 501 g/mol. The highest BCUT2D eigenvalue weighted by molar-refractivity contribution is 14.0. The topological polar surface area (TPSA) is 50.0 Å². The summed E-state index contributed by atoms with van der Waals surface area (Å²) in [7, 11) is 0. The lowest BCUT2D eigenvalue weighted by Gasteiger charge is -2.27. The molecular weight excluding hydrogens is 473 g/mol. The lowest BCUT2D eigenvalue weighted by Crippen LogP contribution is -2.42. The van der Waals surface area contributed by atoms with Gasteiger partial charge in [-0.3, -0.25) is 4.99 Å². The molecule has 2 aliphatic rings. The maximum atomic E-state index is 5.68. The number of halogens is 1. The molecule has 27 heavy (non-hydrogen) atoms. The van der Waals surface area contributed by atoms with Crippen molar-refractivity contribution >= 4 is 41.3 Å². The van der Waals surface area contributed by atoms with Crippen LogP contribution in [0, 0.1) is 5.41 Å². The van der Waals surface area contributed by atoms with Crippen LogP contribution in [-0.2, 0) is 11.2 Å². The number of aliphatic imine (C=N–C) groups is 1. The lowest BCUT2D eigenvalue weighted by molar-refractivity contribution is 0.156. The van der Waals surface area contributed by atoms with Crippen molar-refractivity contribution in [1.82, 2.24) is 10.2 Å². The predicted molar refractivity (Wildman–Crippen MR) is 120 cm³/mol. The molecule has 2 saturated heterocycles. The second-order valence-corrected chi connectivity index (χ2v) is 8.37. The molecule has 2 aliphatic heterocycles. The summed E-state index contributed by atoms with van der Waals surface area (Å²) in [4.78, 5) is 8.67. The summed E-state index contributed by atoms with van der Waals surface area (Å²) in [6, 6.07) is 8.48. The minimum atomic E-state index is 0. The fourth-order valence-corrected chi connectivity index (χ4v) is 4.59. The number of nitrogens with one attached hydrogen (secondary N) is 1. The van der Waals surface area contributed by atoms with Crippen molar-refractivity contribution in [3.63, 3.8) is 0 Å². The molecule has 7 heteroatoms. The van der Waals surface area contributed by atoms with Crippen molar-refractivity contribution in [2.75, 3.05) is 32.8 Å². The third-order valence-corrected chi connectivity index (χ3v) is 6.49. The van der Waals surface area contributed by atoms with Crippen molar-refractivity contribution in [3.05, 3.63) is 46.5 Å². The second-order valence-electron chi connectivity index (χ2n) is 7.39. The Morgan fingerprint density at radius 2 is 2.30 bits per heavy atom. The van der Waals surface area contributed by atoms with Gasteiger partial charge in [-0.1, -0.05) is 6.07 Å². The van der Waals surface area contributed by atoms with E-state index in [9.17, 15) is 0 Å². The van der Waals surface area contributed by atoms with E-state index in [1.54, 1.807) is 17.6 Å². The standard InChI is InChI=1S/C20H27N3O2S.HI/c1-16(18-5-3-13-26-18)22-19(21-9-6-17-4-2-11-25-17)23-10-7-20(14-23)8-12-24-15-20;/h2-5,11,13,16H,6-10,12,14-15H2,1H3,(H,21,22);1H. The Morgan fingerprint density at radius 1 is 1.37 bits per heavy atom. The van der Waals surface area contributed by atoms with E-state index in [4.69, 9.17) is 14.1 Å². The molecule has 148 valence electrons. The summed E-state index contributed by atoms with van der Waals surface area (Å²) in [5, 5.41) is 5.79. The van der Waals surface area contributed by atoms with E-state index in [-0.39, 0.29) is 30.0 Å². The molecule has 2 atom stereocenters. The number of ether oxygens (including phenoxy) is 1. The summed E-state index contributed by atoms with van der Waals surface area (Å²) in [6.07, 6.45) is 4.91. The van der Waals surface area contributed by atoms with Gasteiger partial charge in [-0.15, -0.1) is 35.3 Å². The number of thiophene rings is 1. The number of hydrogen-bond donors (Lipinski definition) is 1. The summed E-state index contributed by atoms with van der Waals surface area (Å²) < 4.78 is 11.1. The van der Waals surface area contributed by atoms with E-state index in [0.717, 1.165) is 51.0 Å². The first kappa shape index (κ1) is 20.7. The Hall–Kier alpha value is -1.06. The van der Waals surface area contributed by atoms with Crippen molar-refractivity contribution < 1.29 is 9.15 Å². The second kappa shape index (κ2) is 9.43. The highest BCUT2D eigenvalue weighted by atomic mass is 127. The Bertz CT molecular complexity index is 712. The van der Waals surface area contributed by atoms with Gasteiger partial charge in [0.15, 0.2) is 5.96 Å². The minimum absolute atomic E-state index is 0. The lowest BCUT2D eigenvalue weighted by atomic mass is 9.87. The Balaban J connectivity index is 0.00000210. The zero-order valence-electron chi connectivity index (χ0n) is 15.7. The van der Waals surface area contributed by atoms with Gasteiger partial charge in [0.05, 0.1) is 18.9 Å². The van der Waals surface area contributed by atoms with Gasteiger partial charge < -0.3 is 19.4 Å². The van der Waals surface area contributed by atoms with Crippen LogP contribution in [0.4, 0.5) is 0 Å². The molecule has 2 unspecified atom stereocenters. The van der Waals surface area contributed by atoms with Crippen LogP contribution in [0.15, 0.2) is 45.3 Å². The van der Waals surface area contributed by atoms with Crippen LogP contribution in [-0.4, -0.2) is 43.7 Å². The van der Waals surface area contributed by atoms with Crippen LogP contribution in [0.3, 0.4) is 0 Å². The zero-order valence-corrected chi connectivity index (χ0v) is 18.9. The van der Waals surface area contributed by atoms with Crippen LogP contribution < -0.4 is 5.32 Å².